The van der Waals surface area contributed by atoms with E-state index in [0.717, 1.165) is 13.0 Å². The van der Waals surface area contributed by atoms with Gasteiger partial charge in [0.15, 0.2) is 0 Å². The average molecular weight is 227 g/mol. The zero-order chi connectivity index (χ0) is 12.0. The first kappa shape index (κ1) is 14.0. The molecule has 0 aromatic heterocycles. The Labute approximate surface area is 101 Å². The van der Waals surface area contributed by atoms with Crippen molar-refractivity contribution in [1.82, 2.24) is 4.90 Å². The molecule has 0 spiro atoms. The zero-order valence-electron chi connectivity index (χ0n) is 11.3. The molecular formula is C14H29NO. The molecule has 0 aliphatic heterocycles. The van der Waals surface area contributed by atoms with Gasteiger partial charge in [0.25, 0.3) is 0 Å². The number of aliphatic hydroxyl groups excluding tert-OH is 1. The number of nitrogens with zero attached hydrogens (tertiary/aromatic N) is 1. The molecule has 0 saturated heterocycles. The van der Waals surface area contributed by atoms with Gasteiger partial charge in [0, 0.05) is 12.1 Å². The Morgan fingerprint density at radius 1 is 1.25 bits per heavy atom. The molecule has 1 aliphatic rings. The minimum Gasteiger partial charge on any atom is -0.391 e. The fourth-order valence-corrected chi connectivity index (χ4v) is 2.77. The van der Waals surface area contributed by atoms with E-state index in [1.54, 1.807) is 0 Å². The van der Waals surface area contributed by atoms with Crippen LogP contribution >= 0.6 is 0 Å². The summed E-state index contributed by atoms with van der Waals surface area (Å²) in [6, 6.07) is 1.04. The summed E-state index contributed by atoms with van der Waals surface area (Å²) in [5.74, 6) is 0. The third kappa shape index (κ3) is 3.74. The van der Waals surface area contributed by atoms with Gasteiger partial charge in [-0.3, -0.25) is 4.90 Å². The number of rotatable bonds is 6. The smallest absolute Gasteiger partial charge is 0.0695 e. The van der Waals surface area contributed by atoms with E-state index in [4.69, 9.17) is 0 Å². The maximum Gasteiger partial charge on any atom is 0.0695 e. The van der Waals surface area contributed by atoms with Crippen LogP contribution in [0.3, 0.4) is 0 Å². The minimum absolute atomic E-state index is 0.0837. The lowest BCUT2D eigenvalue weighted by atomic mass is 9.90. The highest BCUT2D eigenvalue weighted by atomic mass is 16.3. The summed E-state index contributed by atoms with van der Waals surface area (Å²) in [5, 5.41) is 10.1. The molecule has 1 aliphatic carbocycles. The van der Waals surface area contributed by atoms with E-state index in [1.807, 2.05) is 0 Å². The number of aliphatic hydroxyl groups is 1. The molecule has 1 rings (SSSR count). The van der Waals surface area contributed by atoms with Crippen LogP contribution in [0.4, 0.5) is 0 Å². The second-order valence-corrected chi connectivity index (χ2v) is 5.27. The van der Waals surface area contributed by atoms with Gasteiger partial charge in [-0.15, -0.1) is 0 Å². The van der Waals surface area contributed by atoms with Gasteiger partial charge in [-0.2, -0.15) is 0 Å². The molecule has 0 aromatic rings. The monoisotopic (exact) mass is 227 g/mol. The van der Waals surface area contributed by atoms with Gasteiger partial charge < -0.3 is 5.11 Å². The molecule has 96 valence electrons. The molecule has 16 heavy (non-hydrogen) atoms. The summed E-state index contributed by atoms with van der Waals surface area (Å²) in [6.45, 7) is 7.95. The third-order valence-electron chi connectivity index (χ3n) is 4.05. The molecule has 1 unspecified atom stereocenters. The van der Waals surface area contributed by atoms with Crippen molar-refractivity contribution in [2.75, 3.05) is 6.54 Å². The summed E-state index contributed by atoms with van der Waals surface area (Å²) in [7, 11) is 0. The molecule has 0 bridgehead atoms. The summed E-state index contributed by atoms with van der Waals surface area (Å²) in [6.07, 6.45) is 8.30. The highest BCUT2D eigenvalue weighted by molar-refractivity contribution is 4.85. The Morgan fingerprint density at radius 2 is 1.94 bits per heavy atom. The van der Waals surface area contributed by atoms with Gasteiger partial charge >= 0.3 is 0 Å². The summed E-state index contributed by atoms with van der Waals surface area (Å²) in [4.78, 5) is 2.56. The molecular weight excluding hydrogens is 198 g/mol. The first-order valence-corrected chi connectivity index (χ1v) is 7.14. The summed E-state index contributed by atoms with van der Waals surface area (Å²) < 4.78 is 0. The second-order valence-electron chi connectivity index (χ2n) is 5.27. The Bertz CT molecular complexity index is 184. The molecule has 2 heteroatoms. The van der Waals surface area contributed by atoms with Crippen molar-refractivity contribution in [3.8, 4) is 0 Å². The van der Waals surface area contributed by atoms with E-state index < -0.39 is 0 Å². The first-order valence-electron chi connectivity index (χ1n) is 7.14. The van der Waals surface area contributed by atoms with E-state index in [-0.39, 0.29) is 6.10 Å². The number of hydrogen-bond acceptors (Lipinski definition) is 2. The standard InChI is InChI=1S/C14H29NO/c1-4-6-11-15(12(3)5-2)13-9-7-8-10-14(13)16/h12-14,16H,4-11H2,1-3H3/t12?,13-,14-/m0/s1. The summed E-state index contributed by atoms with van der Waals surface area (Å²) in [5.41, 5.74) is 0. The molecule has 0 heterocycles. The van der Waals surface area contributed by atoms with Gasteiger partial charge in [-0.05, 0) is 39.2 Å². The van der Waals surface area contributed by atoms with Crippen LogP contribution in [-0.4, -0.2) is 34.7 Å². The third-order valence-corrected chi connectivity index (χ3v) is 4.05. The first-order chi connectivity index (χ1) is 7.70. The quantitative estimate of drug-likeness (QED) is 0.753. The largest absolute Gasteiger partial charge is 0.391 e. The molecule has 3 atom stereocenters. The highest BCUT2D eigenvalue weighted by Crippen LogP contribution is 2.25. The van der Waals surface area contributed by atoms with Crippen LogP contribution in [0.15, 0.2) is 0 Å². The molecule has 1 fully saturated rings. The molecule has 0 aromatic carbocycles. The highest BCUT2D eigenvalue weighted by Gasteiger charge is 2.30. The van der Waals surface area contributed by atoms with E-state index in [2.05, 4.69) is 25.7 Å². The molecule has 0 radical (unpaired) electrons. The fourth-order valence-electron chi connectivity index (χ4n) is 2.77. The van der Waals surface area contributed by atoms with Crippen molar-refractivity contribution >= 4 is 0 Å². The van der Waals surface area contributed by atoms with Crippen molar-refractivity contribution < 1.29 is 5.11 Å². The average Bonchev–Trinajstić information content (AvgIpc) is 2.31. The minimum atomic E-state index is -0.0837. The van der Waals surface area contributed by atoms with Crippen molar-refractivity contribution in [2.24, 2.45) is 0 Å². The van der Waals surface area contributed by atoms with E-state index in [9.17, 15) is 5.11 Å². The van der Waals surface area contributed by atoms with Crippen molar-refractivity contribution in [1.29, 1.82) is 0 Å². The second kappa shape index (κ2) is 7.29. The van der Waals surface area contributed by atoms with Crippen LogP contribution in [0.5, 0.6) is 0 Å². The molecule has 1 saturated carbocycles. The van der Waals surface area contributed by atoms with Crippen LogP contribution in [0.2, 0.25) is 0 Å². The van der Waals surface area contributed by atoms with E-state index in [1.165, 1.54) is 38.5 Å². The predicted octanol–water partition coefficient (Wildman–Crippen LogP) is 3.19. The maximum atomic E-state index is 10.1. The Kier molecular flexibility index (Phi) is 6.37. The number of unbranched alkanes of at least 4 members (excludes halogenated alkanes) is 1. The van der Waals surface area contributed by atoms with Gasteiger partial charge in [-0.25, -0.2) is 0 Å². The van der Waals surface area contributed by atoms with Crippen LogP contribution in [0.25, 0.3) is 0 Å². The zero-order valence-corrected chi connectivity index (χ0v) is 11.3. The van der Waals surface area contributed by atoms with Crippen molar-refractivity contribution in [3.63, 3.8) is 0 Å². The Hall–Kier alpha value is -0.0800. The van der Waals surface area contributed by atoms with Gasteiger partial charge in [-0.1, -0.05) is 33.1 Å². The van der Waals surface area contributed by atoms with Crippen LogP contribution in [-0.2, 0) is 0 Å². The van der Waals surface area contributed by atoms with Gasteiger partial charge in [0.05, 0.1) is 6.10 Å². The van der Waals surface area contributed by atoms with Crippen molar-refractivity contribution in [3.05, 3.63) is 0 Å². The molecule has 2 nitrogen and oxygen atoms in total. The Balaban J connectivity index is 2.57. The van der Waals surface area contributed by atoms with Crippen LogP contribution in [0, 0.1) is 0 Å². The topological polar surface area (TPSA) is 23.5 Å². The van der Waals surface area contributed by atoms with Gasteiger partial charge in [0.2, 0.25) is 0 Å². The molecule has 0 amide bonds. The SMILES string of the molecule is CCCCN(C(C)CC)[C@H]1CCCC[C@@H]1O. The maximum absolute atomic E-state index is 10.1. The van der Waals surface area contributed by atoms with E-state index in [0.29, 0.717) is 12.1 Å². The fraction of sp³-hybridized carbons (Fsp3) is 1.00. The van der Waals surface area contributed by atoms with Gasteiger partial charge in [0.1, 0.15) is 0 Å². The number of hydrogen-bond donors (Lipinski definition) is 1. The van der Waals surface area contributed by atoms with Crippen LogP contribution < -0.4 is 0 Å². The van der Waals surface area contributed by atoms with E-state index >= 15 is 0 Å². The Morgan fingerprint density at radius 3 is 2.50 bits per heavy atom. The van der Waals surface area contributed by atoms with Crippen molar-refractivity contribution in [2.45, 2.75) is 83.9 Å². The lowest BCUT2D eigenvalue weighted by Gasteiger charge is -2.41. The predicted molar refractivity (Wildman–Crippen MR) is 69.6 cm³/mol. The van der Waals surface area contributed by atoms with Crippen LogP contribution in [0.1, 0.15) is 65.7 Å². The normalized spacial score (nSPS) is 28.3. The molecule has 1 N–H and O–H groups in total. The lowest BCUT2D eigenvalue weighted by molar-refractivity contribution is 0.000115. The summed E-state index contributed by atoms with van der Waals surface area (Å²) >= 11 is 0. The lowest BCUT2D eigenvalue weighted by Crippen LogP contribution is -2.49.